The van der Waals surface area contributed by atoms with Crippen molar-refractivity contribution in [3.63, 3.8) is 0 Å². The molecule has 5 nitrogen and oxygen atoms in total. The minimum atomic E-state index is -0.969. The lowest BCUT2D eigenvalue weighted by atomic mass is 10.0. The molecule has 0 radical (unpaired) electrons. The smallest absolute Gasteiger partial charge is 0.328 e. The summed E-state index contributed by atoms with van der Waals surface area (Å²) < 4.78 is 0. The summed E-state index contributed by atoms with van der Waals surface area (Å²) in [6.45, 7) is 3.17. The van der Waals surface area contributed by atoms with Crippen molar-refractivity contribution in [3.05, 3.63) is 24.0 Å². The van der Waals surface area contributed by atoms with Gasteiger partial charge in [-0.25, -0.2) is 14.8 Å². The molecule has 1 N–H and O–H groups in total. The lowest BCUT2D eigenvalue weighted by molar-refractivity contribution is -0.131. The Kier molecular flexibility index (Phi) is 3.92. The first-order valence-corrected chi connectivity index (χ1v) is 6.16. The Balaban J connectivity index is 2.09. The van der Waals surface area contributed by atoms with Crippen LogP contribution in [-0.4, -0.2) is 33.6 Å². The first-order chi connectivity index (χ1) is 8.66. The van der Waals surface area contributed by atoms with E-state index in [0.717, 1.165) is 18.6 Å². The quantitative estimate of drug-likeness (QED) is 0.827. The Bertz CT molecular complexity index is 442. The molecule has 1 fully saturated rings. The number of nitrogens with zero attached hydrogens (tertiary/aromatic N) is 3. The van der Waals surface area contributed by atoms with Crippen LogP contribution in [0, 0.1) is 0 Å². The number of piperidine rings is 1. The van der Waals surface area contributed by atoms with Crippen LogP contribution < -0.4 is 4.90 Å². The average molecular weight is 247 g/mol. The van der Waals surface area contributed by atoms with E-state index in [1.54, 1.807) is 12.4 Å². The molecule has 0 saturated carbocycles. The van der Waals surface area contributed by atoms with E-state index in [2.05, 4.69) is 21.8 Å². The van der Waals surface area contributed by atoms with Crippen LogP contribution in [0.25, 0.3) is 6.08 Å². The van der Waals surface area contributed by atoms with Crippen molar-refractivity contribution < 1.29 is 9.90 Å². The second kappa shape index (κ2) is 5.62. The van der Waals surface area contributed by atoms with Crippen molar-refractivity contribution in [2.24, 2.45) is 0 Å². The molecule has 0 aromatic carbocycles. The zero-order valence-corrected chi connectivity index (χ0v) is 10.4. The predicted octanol–water partition coefficient (Wildman–Crippen LogP) is 1.95. The maximum absolute atomic E-state index is 10.4. The van der Waals surface area contributed by atoms with Crippen molar-refractivity contribution in [1.29, 1.82) is 0 Å². The van der Waals surface area contributed by atoms with Gasteiger partial charge < -0.3 is 10.0 Å². The predicted molar refractivity (Wildman–Crippen MR) is 69.4 cm³/mol. The number of rotatable bonds is 3. The Hall–Kier alpha value is -1.91. The third kappa shape index (κ3) is 3.06. The van der Waals surface area contributed by atoms with Gasteiger partial charge in [0.1, 0.15) is 0 Å². The minimum Gasteiger partial charge on any atom is -0.478 e. The number of aliphatic carboxylic acids is 1. The molecule has 2 rings (SSSR count). The molecule has 0 aliphatic carbocycles. The van der Waals surface area contributed by atoms with Crippen LogP contribution in [0.5, 0.6) is 0 Å². The highest BCUT2D eigenvalue weighted by Gasteiger charge is 2.20. The molecule has 1 aliphatic heterocycles. The topological polar surface area (TPSA) is 66.3 Å². The number of hydrogen-bond donors (Lipinski definition) is 1. The Morgan fingerprint density at radius 1 is 1.44 bits per heavy atom. The summed E-state index contributed by atoms with van der Waals surface area (Å²) in [4.78, 5) is 21.2. The highest BCUT2D eigenvalue weighted by Crippen LogP contribution is 2.20. The van der Waals surface area contributed by atoms with Crippen molar-refractivity contribution >= 4 is 18.0 Å². The van der Waals surface area contributed by atoms with Crippen LogP contribution in [0.1, 0.15) is 31.7 Å². The number of carboxylic acid groups (broad SMARTS) is 1. The van der Waals surface area contributed by atoms with E-state index in [4.69, 9.17) is 5.11 Å². The van der Waals surface area contributed by atoms with E-state index in [-0.39, 0.29) is 0 Å². The SMILES string of the molecule is C[C@@H]1CCCCN1c1ncc(/C=C/C(=O)O)cn1. The Morgan fingerprint density at radius 2 is 2.17 bits per heavy atom. The summed E-state index contributed by atoms with van der Waals surface area (Å²) in [5.74, 6) is -0.238. The normalized spacial score (nSPS) is 20.3. The van der Waals surface area contributed by atoms with E-state index in [0.29, 0.717) is 11.6 Å². The van der Waals surface area contributed by atoms with E-state index >= 15 is 0 Å². The molecule has 0 unspecified atom stereocenters. The van der Waals surface area contributed by atoms with Gasteiger partial charge >= 0.3 is 5.97 Å². The monoisotopic (exact) mass is 247 g/mol. The Labute approximate surface area is 106 Å². The molecular formula is C13H17N3O2. The molecule has 96 valence electrons. The molecule has 0 bridgehead atoms. The average Bonchev–Trinajstić information content (AvgIpc) is 2.38. The molecule has 0 amide bonds. The molecule has 1 aliphatic rings. The van der Waals surface area contributed by atoms with Gasteiger partial charge in [-0.1, -0.05) is 0 Å². The highest BCUT2D eigenvalue weighted by atomic mass is 16.4. The summed E-state index contributed by atoms with van der Waals surface area (Å²) in [6.07, 6.45) is 9.50. The number of aromatic nitrogens is 2. The van der Waals surface area contributed by atoms with Gasteiger partial charge in [0.25, 0.3) is 0 Å². The molecule has 1 aromatic heterocycles. The van der Waals surface area contributed by atoms with E-state index < -0.39 is 5.97 Å². The molecule has 5 heteroatoms. The number of carbonyl (C=O) groups is 1. The second-order valence-corrected chi connectivity index (χ2v) is 4.53. The summed E-state index contributed by atoms with van der Waals surface area (Å²) in [5.41, 5.74) is 0.700. The number of hydrogen-bond acceptors (Lipinski definition) is 4. The summed E-state index contributed by atoms with van der Waals surface area (Å²) in [6, 6.07) is 0.471. The molecular weight excluding hydrogens is 230 g/mol. The lowest BCUT2D eigenvalue weighted by Gasteiger charge is -2.33. The van der Waals surface area contributed by atoms with Gasteiger partial charge in [0.05, 0.1) is 0 Å². The maximum atomic E-state index is 10.4. The molecule has 0 spiro atoms. The summed E-state index contributed by atoms with van der Waals surface area (Å²) in [5, 5.41) is 8.53. The van der Waals surface area contributed by atoms with Crippen LogP contribution in [-0.2, 0) is 4.79 Å². The van der Waals surface area contributed by atoms with Gasteiger partial charge in [0.2, 0.25) is 5.95 Å². The Morgan fingerprint density at radius 3 is 2.78 bits per heavy atom. The van der Waals surface area contributed by atoms with Crippen LogP contribution in [0.4, 0.5) is 5.95 Å². The maximum Gasteiger partial charge on any atom is 0.328 e. The van der Waals surface area contributed by atoms with E-state index in [1.807, 2.05) is 0 Å². The standard InChI is InChI=1S/C13H17N3O2/c1-10-4-2-3-7-16(10)13-14-8-11(9-15-13)5-6-12(17)18/h5-6,8-10H,2-4,7H2,1H3,(H,17,18)/b6-5+/t10-/m1/s1. The van der Waals surface area contributed by atoms with Crippen molar-refractivity contribution in [3.8, 4) is 0 Å². The van der Waals surface area contributed by atoms with Crippen LogP contribution in [0.2, 0.25) is 0 Å². The van der Waals surface area contributed by atoms with Gasteiger partial charge in [0, 0.05) is 36.6 Å². The molecule has 1 atom stereocenters. The number of anilines is 1. The summed E-state index contributed by atoms with van der Waals surface area (Å²) in [7, 11) is 0. The van der Waals surface area contributed by atoms with Gasteiger partial charge in [-0.2, -0.15) is 0 Å². The molecule has 1 saturated heterocycles. The molecule has 1 aromatic rings. The fraction of sp³-hybridized carbons (Fsp3) is 0.462. The fourth-order valence-corrected chi connectivity index (χ4v) is 2.13. The third-order valence-electron chi connectivity index (χ3n) is 3.14. The van der Waals surface area contributed by atoms with Crippen LogP contribution >= 0.6 is 0 Å². The molecule has 18 heavy (non-hydrogen) atoms. The minimum absolute atomic E-state index is 0.471. The second-order valence-electron chi connectivity index (χ2n) is 4.53. The van der Waals surface area contributed by atoms with Crippen molar-refractivity contribution in [2.45, 2.75) is 32.2 Å². The summed E-state index contributed by atoms with van der Waals surface area (Å²) >= 11 is 0. The first kappa shape index (κ1) is 12.5. The van der Waals surface area contributed by atoms with Crippen LogP contribution in [0.15, 0.2) is 18.5 Å². The highest BCUT2D eigenvalue weighted by molar-refractivity contribution is 5.85. The van der Waals surface area contributed by atoms with Gasteiger partial charge in [-0.05, 0) is 32.3 Å². The fourth-order valence-electron chi connectivity index (χ4n) is 2.13. The van der Waals surface area contributed by atoms with Gasteiger partial charge in [0.15, 0.2) is 0 Å². The first-order valence-electron chi connectivity index (χ1n) is 6.16. The zero-order valence-electron chi connectivity index (χ0n) is 10.4. The third-order valence-corrected chi connectivity index (χ3v) is 3.14. The largest absolute Gasteiger partial charge is 0.478 e. The van der Waals surface area contributed by atoms with E-state index in [1.165, 1.54) is 25.3 Å². The van der Waals surface area contributed by atoms with Crippen molar-refractivity contribution in [2.75, 3.05) is 11.4 Å². The van der Waals surface area contributed by atoms with E-state index in [9.17, 15) is 4.79 Å². The lowest BCUT2D eigenvalue weighted by Crippen LogP contribution is -2.38. The van der Waals surface area contributed by atoms with Crippen LogP contribution in [0.3, 0.4) is 0 Å². The number of carboxylic acids is 1. The zero-order chi connectivity index (χ0) is 13.0. The molecule has 2 heterocycles. The van der Waals surface area contributed by atoms with Crippen molar-refractivity contribution in [1.82, 2.24) is 9.97 Å². The van der Waals surface area contributed by atoms with Gasteiger partial charge in [-0.3, -0.25) is 0 Å². The van der Waals surface area contributed by atoms with Gasteiger partial charge in [-0.15, -0.1) is 0 Å².